The number of nitrogens with zero attached hydrogens (tertiary/aromatic N) is 1. The van der Waals surface area contributed by atoms with Crippen LogP contribution in [0.1, 0.15) is 40.2 Å². The fourth-order valence-electron chi connectivity index (χ4n) is 3.57. The summed E-state index contributed by atoms with van der Waals surface area (Å²) < 4.78 is 6.67. The molecule has 138 valence electrons. The van der Waals surface area contributed by atoms with Gasteiger partial charge in [-0.2, -0.15) is 0 Å². The third-order valence-corrected chi connectivity index (χ3v) is 6.07. The van der Waals surface area contributed by atoms with E-state index >= 15 is 0 Å². The molecule has 0 saturated carbocycles. The highest BCUT2D eigenvalue weighted by Crippen LogP contribution is 2.40. The van der Waals surface area contributed by atoms with Crippen LogP contribution in [0, 0.1) is 0 Å². The fourth-order valence-corrected chi connectivity index (χ4v) is 4.46. The van der Waals surface area contributed by atoms with Crippen molar-refractivity contribution < 1.29 is 14.6 Å². The maximum absolute atomic E-state index is 11.4. The zero-order valence-electron chi connectivity index (χ0n) is 14.5. The second-order valence-corrected chi connectivity index (χ2v) is 8.15. The van der Waals surface area contributed by atoms with E-state index in [1.165, 1.54) is 23.1 Å². The zero-order chi connectivity index (χ0) is 18.8. The molecule has 1 atom stereocenters. The molecule has 6 heteroatoms. The molecule has 1 aliphatic rings. The molecule has 0 fully saturated rings. The van der Waals surface area contributed by atoms with E-state index < -0.39 is 5.97 Å². The summed E-state index contributed by atoms with van der Waals surface area (Å²) in [7, 11) is 0. The van der Waals surface area contributed by atoms with Crippen LogP contribution in [0.2, 0.25) is 4.34 Å². The van der Waals surface area contributed by atoms with Crippen LogP contribution in [0.15, 0.2) is 48.1 Å². The molecule has 0 unspecified atom stereocenters. The van der Waals surface area contributed by atoms with E-state index in [9.17, 15) is 9.90 Å². The van der Waals surface area contributed by atoms with E-state index in [1.807, 2.05) is 11.4 Å². The SMILES string of the molecule is O=C(O)c1ccncc1CC[C@H]1CCOc2cc(-c3csc(Cl)c3)ccc21. The Morgan fingerprint density at radius 2 is 2.19 bits per heavy atom. The van der Waals surface area contributed by atoms with E-state index in [4.69, 9.17) is 16.3 Å². The van der Waals surface area contributed by atoms with Crippen molar-refractivity contribution in [3.8, 4) is 16.9 Å². The van der Waals surface area contributed by atoms with Gasteiger partial charge in [-0.1, -0.05) is 23.7 Å². The molecular weight excluding hydrogens is 382 g/mol. The first-order valence-electron chi connectivity index (χ1n) is 8.79. The molecule has 0 bridgehead atoms. The minimum atomic E-state index is -0.904. The van der Waals surface area contributed by atoms with Crippen molar-refractivity contribution in [3.63, 3.8) is 0 Å². The first-order valence-corrected chi connectivity index (χ1v) is 10.0. The Balaban J connectivity index is 1.54. The van der Waals surface area contributed by atoms with Gasteiger partial charge >= 0.3 is 5.97 Å². The van der Waals surface area contributed by atoms with Crippen LogP contribution in [0.5, 0.6) is 5.75 Å². The highest BCUT2D eigenvalue weighted by Gasteiger charge is 2.23. The summed E-state index contributed by atoms with van der Waals surface area (Å²) in [6.07, 6.45) is 5.66. The number of hydrogen-bond donors (Lipinski definition) is 1. The highest BCUT2D eigenvalue weighted by molar-refractivity contribution is 7.14. The molecule has 0 saturated heterocycles. The lowest BCUT2D eigenvalue weighted by Gasteiger charge is -2.26. The Kier molecular flexibility index (Phi) is 5.14. The van der Waals surface area contributed by atoms with E-state index in [2.05, 4.69) is 23.2 Å². The first-order chi connectivity index (χ1) is 13.1. The monoisotopic (exact) mass is 399 g/mol. The number of halogens is 1. The number of carbonyl (C=O) groups is 1. The van der Waals surface area contributed by atoms with Gasteiger partial charge in [-0.3, -0.25) is 4.98 Å². The average Bonchev–Trinajstić information content (AvgIpc) is 3.12. The number of carboxylic acid groups (broad SMARTS) is 1. The molecule has 4 nitrogen and oxygen atoms in total. The molecule has 0 radical (unpaired) electrons. The Labute approximate surface area is 166 Å². The van der Waals surface area contributed by atoms with Gasteiger partial charge in [0.2, 0.25) is 0 Å². The molecule has 3 heterocycles. The largest absolute Gasteiger partial charge is 0.493 e. The van der Waals surface area contributed by atoms with Crippen LogP contribution in [-0.2, 0) is 6.42 Å². The summed E-state index contributed by atoms with van der Waals surface area (Å²) in [5.41, 5.74) is 4.49. The Bertz CT molecular complexity index is 985. The Morgan fingerprint density at radius 3 is 2.96 bits per heavy atom. The number of carboxylic acids is 1. The predicted molar refractivity (Wildman–Crippen MR) is 107 cm³/mol. The Morgan fingerprint density at radius 1 is 1.30 bits per heavy atom. The van der Waals surface area contributed by atoms with Crippen molar-refractivity contribution in [1.29, 1.82) is 0 Å². The summed E-state index contributed by atoms with van der Waals surface area (Å²) >= 11 is 7.57. The molecule has 1 N–H and O–H groups in total. The molecule has 1 aromatic carbocycles. The maximum Gasteiger partial charge on any atom is 0.336 e. The van der Waals surface area contributed by atoms with Gasteiger partial charge in [0.05, 0.1) is 16.5 Å². The number of aromatic carboxylic acids is 1. The number of ether oxygens (including phenoxy) is 1. The summed E-state index contributed by atoms with van der Waals surface area (Å²) in [5, 5.41) is 11.4. The average molecular weight is 400 g/mol. The molecule has 27 heavy (non-hydrogen) atoms. The van der Waals surface area contributed by atoms with Gasteiger partial charge in [0.15, 0.2) is 0 Å². The Hall–Kier alpha value is -2.37. The van der Waals surface area contributed by atoms with Crippen LogP contribution in [0.4, 0.5) is 0 Å². The molecule has 0 spiro atoms. The van der Waals surface area contributed by atoms with Gasteiger partial charge in [-0.15, -0.1) is 11.3 Å². The van der Waals surface area contributed by atoms with Crippen molar-refractivity contribution in [2.75, 3.05) is 6.61 Å². The van der Waals surface area contributed by atoms with Crippen molar-refractivity contribution >= 4 is 28.9 Å². The molecule has 2 aromatic heterocycles. The lowest BCUT2D eigenvalue weighted by Crippen LogP contribution is -2.15. The number of hydrogen-bond acceptors (Lipinski definition) is 4. The van der Waals surface area contributed by atoms with Gasteiger partial charge < -0.3 is 9.84 Å². The van der Waals surface area contributed by atoms with Crippen molar-refractivity contribution in [1.82, 2.24) is 4.98 Å². The minimum absolute atomic E-state index is 0.335. The smallest absolute Gasteiger partial charge is 0.336 e. The van der Waals surface area contributed by atoms with Crippen LogP contribution in [-0.4, -0.2) is 22.7 Å². The molecule has 0 amide bonds. The number of fused-ring (bicyclic) bond motifs is 1. The van der Waals surface area contributed by atoms with Crippen LogP contribution in [0.25, 0.3) is 11.1 Å². The first kappa shape index (κ1) is 18.0. The van der Waals surface area contributed by atoms with Crippen molar-refractivity contribution in [3.05, 3.63) is 69.1 Å². The third kappa shape index (κ3) is 3.84. The normalized spacial score (nSPS) is 15.8. The summed E-state index contributed by atoms with van der Waals surface area (Å²) in [6, 6.07) is 9.83. The number of benzene rings is 1. The third-order valence-electron chi connectivity index (χ3n) is 4.97. The van der Waals surface area contributed by atoms with E-state index in [0.717, 1.165) is 39.6 Å². The predicted octanol–water partition coefficient (Wildman–Crippen LogP) is 5.66. The molecule has 3 aromatic rings. The number of pyridine rings is 1. The van der Waals surface area contributed by atoms with Gasteiger partial charge in [0, 0.05) is 17.8 Å². The quantitative estimate of drug-likeness (QED) is 0.601. The van der Waals surface area contributed by atoms with Gasteiger partial charge in [0.1, 0.15) is 5.75 Å². The van der Waals surface area contributed by atoms with Crippen molar-refractivity contribution in [2.45, 2.75) is 25.2 Å². The number of thiophene rings is 1. The summed E-state index contributed by atoms with van der Waals surface area (Å²) in [4.78, 5) is 15.5. The molecule has 4 rings (SSSR count). The second-order valence-electron chi connectivity index (χ2n) is 6.60. The van der Waals surface area contributed by atoms with Gasteiger partial charge in [-0.25, -0.2) is 4.79 Å². The summed E-state index contributed by atoms with van der Waals surface area (Å²) in [5.74, 6) is 0.352. The molecule has 1 aliphatic heterocycles. The number of aryl methyl sites for hydroxylation is 1. The second kappa shape index (κ2) is 7.71. The highest BCUT2D eigenvalue weighted by atomic mass is 35.5. The van der Waals surface area contributed by atoms with Crippen LogP contribution < -0.4 is 4.74 Å². The topological polar surface area (TPSA) is 59.4 Å². The fraction of sp³-hybridized carbons (Fsp3) is 0.238. The standard InChI is InChI=1S/C21H18ClNO3S/c22-20-10-16(12-27-20)14-3-4-17-13(6-8-26-19(17)9-14)1-2-15-11-23-7-5-18(15)21(24)25/h3-5,7,9-13H,1-2,6,8H2,(H,24,25)/t13-/m0/s1. The molecule has 0 aliphatic carbocycles. The minimum Gasteiger partial charge on any atom is -0.493 e. The van der Waals surface area contributed by atoms with Crippen LogP contribution >= 0.6 is 22.9 Å². The van der Waals surface area contributed by atoms with Gasteiger partial charge in [0.25, 0.3) is 0 Å². The van der Waals surface area contributed by atoms with E-state index in [1.54, 1.807) is 12.3 Å². The van der Waals surface area contributed by atoms with E-state index in [0.29, 0.717) is 24.5 Å². The van der Waals surface area contributed by atoms with Gasteiger partial charge in [-0.05, 0) is 65.6 Å². The number of aromatic nitrogens is 1. The lowest BCUT2D eigenvalue weighted by molar-refractivity contribution is 0.0695. The van der Waals surface area contributed by atoms with Crippen molar-refractivity contribution in [2.24, 2.45) is 0 Å². The lowest BCUT2D eigenvalue weighted by atomic mass is 9.86. The maximum atomic E-state index is 11.4. The van der Waals surface area contributed by atoms with E-state index in [-0.39, 0.29) is 0 Å². The zero-order valence-corrected chi connectivity index (χ0v) is 16.1. The molecular formula is C21H18ClNO3S. The number of rotatable bonds is 5. The summed E-state index contributed by atoms with van der Waals surface area (Å²) in [6.45, 7) is 0.671. The van der Waals surface area contributed by atoms with Crippen LogP contribution in [0.3, 0.4) is 0 Å².